The number of rotatable bonds is 5. The lowest BCUT2D eigenvalue weighted by Gasteiger charge is -2.14. The molecule has 4 nitrogen and oxygen atoms in total. The fourth-order valence-electron chi connectivity index (χ4n) is 2.32. The number of hydrogen-bond acceptors (Lipinski definition) is 2. The summed E-state index contributed by atoms with van der Waals surface area (Å²) >= 11 is 0. The average molecular weight is 315 g/mol. The summed E-state index contributed by atoms with van der Waals surface area (Å²) in [5, 5.41) is 15.6. The van der Waals surface area contributed by atoms with Gasteiger partial charge >= 0.3 is 0 Å². The number of nitrogens with one attached hydrogen (secondary N) is 2. The smallest absolute Gasteiger partial charge is 0.191 e. The van der Waals surface area contributed by atoms with Crippen molar-refractivity contribution in [3.63, 3.8) is 0 Å². The summed E-state index contributed by atoms with van der Waals surface area (Å²) in [5.41, 5.74) is 3.27. The van der Waals surface area contributed by atoms with Crippen LogP contribution in [0.2, 0.25) is 0 Å². The molecule has 0 aliphatic carbocycles. The second-order valence-corrected chi connectivity index (χ2v) is 5.19. The van der Waals surface area contributed by atoms with Crippen molar-refractivity contribution in [1.29, 1.82) is 0 Å². The minimum atomic E-state index is -0.621. The Morgan fingerprint density at radius 3 is 2.43 bits per heavy atom. The van der Waals surface area contributed by atoms with Gasteiger partial charge in [-0.05, 0) is 35.2 Å². The molecule has 0 unspecified atom stereocenters. The number of halogens is 1. The summed E-state index contributed by atoms with van der Waals surface area (Å²) in [5.74, 6) is -0.319. The largest absolute Gasteiger partial charge is 0.505 e. The highest BCUT2D eigenvalue weighted by Crippen LogP contribution is 2.15. The Bertz CT molecular complexity index is 686. The van der Waals surface area contributed by atoms with Crippen molar-refractivity contribution in [3.8, 4) is 5.75 Å². The number of aryl methyl sites for hydroxylation is 1. The van der Waals surface area contributed by atoms with Crippen LogP contribution in [-0.2, 0) is 19.5 Å². The van der Waals surface area contributed by atoms with Gasteiger partial charge in [0, 0.05) is 20.1 Å². The van der Waals surface area contributed by atoms with Gasteiger partial charge in [-0.1, -0.05) is 37.3 Å². The lowest BCUT2D eigenvalue weighted by molar-refractivity contribution is 0.431. The maximum absolute atomic E-state index is 13.3. The molecule has 0 radical (unpaired) electrons. The lowest BCUT2D eigenvalue weighted by Crippen LogP contribution is -2.36. The number of hydrogen-bond donors (Lipinski definition) is 3. The molecule has 0 saturated heterocycles. The molecule has 2 aromatic rings. The van der Waals surface area contributed by atoms with E-state index in [0.29, 0.717) is 19.0 Å². The van der Waals surface area contributed by atoms with Crippen molar-refractivity contribution in [2.24, 2.45) is 4.99 Å². The molecule has 0 aliphatic heterocycles. The Balaban J connectivity index is 1.92. The third-order valence-electron chi connectivity index (χ3n) is 3.64. The highest BCUT2D eigenvalue weighted by Gasteiger charge is 2.04. The molecule has 0 fully saturated rings. The topological polar surface area (TPSA) is 56.7 Å². The molecule has 0 aliphatic rings. The molecule has 0 amide bonds. The van der Waals surface area contributed by atoms with E-state index in [1.165, 1.54) is 23.3 Å². The Kier molecular flexibility index (Phi) is 5.97. The molecule has 0 aromatic heterocycles. The van der Waals surface area contributed by atoms with Crippen LogP contribution in [0.1, 0.15) is 23.6 Å². The summed E-state index contributed by atoms with van der Waals surface area (Å²) in [6.07, 6.45) is 0.983. The van der Waals surface area contributed by atoms with Crippen LogP contribution in [-0.4, -0.2) is 18.1 Å². The molecular weight excluding hydrogens is 293 g/mol. The van der Waals surface area contributed by atoms with Crippen molar-refractivity contribution in [1.82, 2.24) is 10.6 Å². The predicted octanol–water partition coefficient (Wildman–Crippen LogP) is 2.96. The van der Waals surface area contributed by atoms with Crippen LogP contribution in [0.4, 0.5) is 4.39 Å². The summed E-state index contributed by atoms with van der Waals surface area (Å²) in [6, 6.07) is 12.6. The minimum Gasteiger partial charge on any atom is -0.505 e. The van der Waals surface area contributed by atoms with Crippen LogP contribution in [0.3, 0.4) is 0 Å². The summed E-state index contributed by atoms with van der Waals surface area (Å²) in [6.45, 7) is 3.23. The molecule has 0 spiro atoms. The van der Waals surface area contributed by atoms with Crippen molar-refractivity contribution in [2.75, 3.05) is 7.05 Å². The second-order valence-electron chi connectivity index (χ2n) is 5.19. The Hall–Kier alpha value is -2.56. The van der Waals surface area contributed by atoms with Gasteiger partial charge in [0.1, 0.15) is 0 Å². The van der Waals surface area contributed by atoms with E-state index in [0.717, 1.165) is 12.0 Å². The Morgan fingerprint density at radius 2 is 1.78 bits per heavy atom. The van der Waals surface area contributed by atoms with E-state index in [2.05, 4.69) is 34.7 Å². The highest BCUT2D eigenvalue weighted by molar-refractivity contribution is 5.79. The van der Waals surface area contributed by atoms with E-state index in [1.54, 1.807) is 13.1 Å². The van der Waals surface area contributed by atoms with E-state index in [9.17, 15) is 9.50 Å². The zero-order valence-electron chi connectivity index (χ0n) is 13.4. The van der Waals surface area contributed by atoms with E-state index in [1.807, 2.05) is 12.1 Å². The zero-order chi connectivity index (χ0) is 16.7. The molecule has 3 N–H and O–H groups in total. The monoisotopic (exact) mass is 315 g/mol. The maximum atomic E-state index is 13.3. The number of aliphatic imine (C=N–C) groups is 1. The Morgan fingerprint density at radius 1 is 1.09 bits per heavy atom. The molecule has 0 saturated carbocycles. The first kappa shape index (κ1) is 16.8. The van der Waals surface area contributed by atoms with Crippen molar-refractivity contribution in [2.45, 2.75) is 26.4 Å². The molecule has 0 heterocycles. The third-order valence-corrected chi connectivity index (χ3v) is 3.64. The van der Waals surface area contributed by atoms with E-state index < -0.39 is 5.82 Å². The minimum absolute atomic E-state index is 0.340. The summed E-state index contributed by atoms with van der Waals surface area (Å²) in [4.78, 5) is 4.16. The number of nitrogens with zero attached hydrogens (tertiary/aromatic N) is 1. The first-order valence-corrected chi connectivity index (χ1v) is 7.62. The van der Waals surface area contributed by atoms with Gasteiger partial charge in [-0.2, -0.15) is 0 Å². The second kappa shape index (κ2) is 8.17. The predicted molar refractivity (Wildman–Crippen MR) is 90.9 cm³/mol. The fraction of sp³-hybridized carbons (Fsp3) is 0.278. The van der Waals surface area contributed by atoms with Crippen LogP contribution >= 0.6 is 0 Å². The van der Waals surface area contributed by atoms with Gasteiger partial charge < -0.3 is 15.7 Å². The molecule has 2 rings (SSSR count). The van der Waals surface area contributed by atoms with Crippen LogP contribution in [0.25, 0.3) is 0 Å². The van der Waals surface area contributed by atoms with Crippen LogP contribution < -0.4 is 10.6 Å². The van der Waals surface area contributed by atoms with Crippen molar-refractivity contribution in [3.05, 3.63) is 65.0 Å². The quantitative estimate of drug-likeness (QED) is 0.587. The first-order chi connectivity index (χ1) is 11.1. The van der Waals surface area contributed by atoms with Crippen molar-refractivity contribution >= 4 is 5.96 Å². The van der Waals surface area contributed by atoms with Crippen LogP contribution in [0.5, 0.6) is 5.75 Å². The van der Waals surface area contributed by atoms with Crippen LogP contribution in [0.15, 0.2) is 47.5 Å². The van der Waals surface area contributed by atoms with Gasteiger partial charge in [0.25, 0.3) is 0 Å². The van der Waals surface area contributed by atoms with Crippen LogP contribution in [0, 0.1) is 5.82 Å². The molecule has 23 heavy (non-hydrogen) atoms. The molecule has 5 heteroatoms. The molecular formula is C18H22FN3O. The number of phenols is 1. The van der Waals surface area contributed by atoms with Gasteiger partial charge in [-0.15, -0.1) is 0 Å². The van der Waals surface area contributed by atoms with E-state index >= 15 is 0 Å². The number of guanidine groups is 1. The van der Waals surface area contributed by atoms with Gasteiger partial charge in [0.05, 0.1) is 0 Å². The standard InChI is InChI=1S/C18H22FN3O/c1-3-14-6-4-5-7-15(14)12-22-18(20-2)21-11-13-8-9-17(23)16(19)10-13/h4-10,23H,3,11-12H2,1-2H3,(H2,20,21,22). The van der Waals surface area contributed by atoms with Gasteiger partial charge in [0.2, 0.25) is 0 Å². The lowest BCUT2D eigenvalue weighted by atomic mass is 10.1. The van der Waals surface area contributed by atoms with E-state index in [-0.39, 0.29) is 5.75 Å². The van der Waals surface area contributed by atoms with Gasteiger partial charge in [-0.25, -0.2) is 4.39 Å². The number of phenolic OH excluding ortho intramolecular Hbond substituents is 1. The van der Waals surface area contributed by atoms with E-state index in [4.69, 9.17) is 0 Å². The molecule has 0 bridgehead atoms. The molecule has 0 atom stereocenters. The van der Waals surface area contributed by atoms with Crippen molar-refractivity contribution < 1.29 is 9.50 Å². The number of benzene rings is 2. The van der Waals surface area contributed by atoms with Gasteiger partial charge in [0.15, 0.2) is 17.5 Å². The van der Waals surface area contributed by atoms with Gasteiger partial charge in [-0.3, -0.25) is 4.99 Å². The summed E-state index contributed by atoms with van der Waals surface area (Å²) < 4.78 is 13.3. The normalized spacial score (nSPS) is 11.3. The fourth-order valence-corrected chi connectivity index (χ4v) is 2.32. The Labute approximate surface area is 136 Å². The molecule has 122 valence electrons. The average Bonchev–Trinajstić information content (AvgIpc) is 2.58. The molecule has 2 aromatic carbocycles. The SMILES string of the molecule is CCc1ccccc1CNC(=NC)NCc1ccc(O)c(F)c1. The highest BCUT2D eigenvalue weighted by atomic mass is 19.1. The third kappa shape index (κ3) is 4.71. The zero-order valence-corrected chi connectivity index (χ0v) is 13.4. The maximum Gasteiger partial charge on any atom is 0.191 e. The summed E-state index contributed by atoms with van der Waals surface area (Å²) in [7, 11) is 1.69. The number of aromatic hydroxyl groups is 1. The first-order valence-electron chi connectivity index (χ1n) is 7.62.